The normalized spacial score (nSPS) is 23.8. The Hall–Kier alpha value is -2.04. The molecule has 2 heterocycles. The monoisotopic (exact) mass is 384 g/mol. The summed E-state index contributed by atoms with van der Waals surface area (Å²) in [4.78, 5) is 12.5. The van der Waals surface area contributed by atoms with E-state index in [-0.39, 0.29) is 5.91 Å². The van der Waals surface area contributed by atoms with Gasteiger partial charge in [0.25, 0.3) is 0 Å². The fourth-order valence-corrected chi connectivity index (χ4v) is 4.26. The SMILES string of the molecule is O=C(Cc1cccc(OCc2ccc(Cl)cc2)c1)NC1CC2CCC(C1)N2. The molecular weight excluding hydrogens is 360 g/mol. The van der Waals surface area contributed by atoms with Crippen LogP contribution < -0.4 is 15.4 Å². The molecule has 1 amide bonds. The van der Waals surface area contributed by atoms with E-state index >= 15 is 0 Å². The quantitative estimate of drug-likeness (QED) is 0.795. The number of ether oxygens (including phenoxy) is 1. The molecule has 2 unspecified atom stereocenters. The fraction of sp³-hybridized carbons (Fsp3) is 0.409. The van der Waals surface area contributed by atoms with Crippen LogP contribution >= 0.6 is 11.6 Å². The van der Waals surface area contributed by atoms with Crippen molar-refractivity contribution in [2.45, 2.75) is 56.8 Å². The third kappa shape index (κ3) is 5.02. The maximum absolute atomic E-state index is 12.5. The van der Waals surface area contributed by atoms with E-state index in [1.54, 1.807) is 0 Å². The van der Waals surface area contributed by atoms with Crippen LogP contribution in [-0.2, 0) is 17.8 Å². The summed E-state index contributed by atoms with van der Waals surface area (Å²) in [5, 5.41) is 7.54. The predicted octanol–water partition coefficient (Wildman–Crippen LogP) is 3.86. The first-order valence-electron chi connectivity index (χ1n) is 9.65. The van der Waals surface area contributed by atoms with Gasteiger partial charge in [0.1, 0.15) is 12.4 Å². The van der Waals surface area contributed by atoms with Gasteiger partial charge in [0.05, 0.1) is 6.42 Å². The molecule has 2 atom stereocenters. The van der Waals surface area contributed by atoms with Crippen LogP contribution in [0.2, 0.25) is 5.02 Å². The molecule has 2 N–H and O–H groups in total. The topological polar surface area (TPSA) is 50.4 Å². The molecular formula is C22H25ClN2O2. The van der Waals surface area contributed by atoms with Gasteiger partial charge in [-0.05, 0) is 61.1 Å². The van der Waals surface area contributed by atoms with Gasteiger partial charge in [-0.3, -0.25) is 4.79 Å². The second-order valence-electron chi connectivity index (χ2n) is 7.61. The number of hydrogen-bond donors (Lipinski definition) is 2. The van der Waals surface area contributed by atoms with E-state index in [0.29, 0.717) is 36.2 Å². The summed E-state index contributed by atoms with van der Waals surface area (Å²) in [5.41, 5.74) is 2.03. The molecule has 2 aromatic carbocycles. The molecule has 4 nitrogen and oxygen atoms in total. The van der Waals surface area contributed by atoms with Crippen LogP contribution in [0, 0.1) is 0 Å². The van der Waals surface area contributed by atoms with Gasteiger partial charge in [-0.2, -0.15) is 0 Å². The van der Waals surface area contributed by atoms with Crippen LogP contribution in [-0.4, -0.2) is 24.0 Å². The number of carbonyl (C=O) groups is 1. The first kappa shape index (κ1) is 18.3. The number of carbonyl (C=O) groups excluding carboxylic acids is 1. The van der Waals surface area contributed by atoms with E-state index in [2.05, 4.69) is 10.6 Å². The third-order valence-corrected chi connectivity index (χ3v) is 5.67. The van der Waals surface area contributed by atoms with E-state index in [9.17, 15) is 4.79 Å². The van der Waals surface area contributed by atoms with Crippen molar-refractivity contribution in [3.05, 3.63) is 64.7 Å². The molecule has 4 rings (SSSR count). The van der Waals surface area contributed by atoms with Gasteiger partial charge in [0, 0.05) is 23.1 Å². The van der Waals surface area contributed by atoms with Crippen molar-refractivity contribution < 1.29 is 9.53 Å². The fourth-order valence-electron chi connectivity index (χ4n) is 4.13. The van der Waals surface area contributed by atoms with E-state index in [1.165, 1.54) is 12.8 Å². The van der Waals surface area contributed by atoms with Crippen LogP contribution in [0.15, 0.2) is 48.5 Å². The Balaban J connectivity index is 1.29. The lowest BCUT2D eigenvalue weighted by atomic mass is 9.99. The first-order valence-corrected chi connectivity index (χ1v) is 10.0. The highest BCUT2D eigenvalue weighted by molar-refractivity contribution is 6.30. The lowest BCUT2D eigenvalue weighted by Gasteiger charge is -2.29. The number of halogens is 1. The zero-order valence-electron chi connectivity index (χ0n) is 15.3. The lowest BCUT2D eigenvalue weighted by molar-refractivity contribution is -0.121. The molecule has 0 saturated carbocycles. The summed E-state index contributed by atoms with van der Waals surface area (Å²) >= 11 is 5.91. The maximum atomic E-state index is 12.5. The highest BCUT2D eigenvalue weighted by Crippen LogP contribution is 2.26. The number of amides is 1. The Morgan fingerprint density at radius 2 is 1.81 bits per heavy atom. The van der Waals surface area contributed by atoms with Gasteiger partial charge < -0.3 is 15.4 Å². The number of hydrogen-bond acceptors (Lipinski definition) is 3. The molecule has 0 spiro atoms. The molecule has 27 heavy (non-hydrogen) atoms. The number of benzene rings is 2. The van der Waals surface area contributed by atoms with E-state index in [0.717, 1.165) is 29.7 Å². The van der Waals surface area contributed by atoms with Gasteiger partial charge in [-0.15, -0.1) is 0 Å². The van der Waals surface area contributed by atoms with Crippen molar-refractivity contribution in [3.63, 3.8) is 0 Å². The average Bonchev–Trinajstić information content (AvgIpc) is 3.00. The highest BCUT2D eigenvalue weighted by Gasteiger charge is 2.33. The molecule has 2 fully saturated rings. The van der Waals surface area contributed by atoms with Crippen LogP contribution in [0.1, 0.15) is 36.8 Å². The third-order valence-electron chi connectivity index (χ3n) is 5.42. The van der Waals surface area contributed by atoms with Crippen molar-refractivity contribution in [2.75, 3.05) is 0 Å². The zero-order chi connectivity index (χ0) is 18.6. The van der Waals surface area contributed by atoms with E-state index in [4.69, 9.17) is 16.3 Å². The minimum absolute atomic E-state index is 0.0937. The predicted molar refractivity (Wildman–Crippen MR) is 107 cm³/mol. The van der Waals surface area contributed by atoms with Crippen LogP contribution in [0.5, 0.6) is 5.75 Å². The maximum Gasteiger partial charge on any atom is 0.224 e. The minimum atomic E-state index is 0.0937. The number of nitrogens with one attached hydrogen (secondary N) is 2. The smallest absolute Gasteiger partial charge is 0.224 e. The van der Waals surface area contributed by atoms with Gasteiger partial charge in [-0.1, -0.05) is 35.9 Å². The summed E-state index contributed by atoms with van der Waals surface area (Å²) in [7, 11) is 0. The van der Waals surface area contributed by atoms with Crippen LogP contribution in [0.25, 0.3) is 0 Å². The van der Waals surface area contributed by atoms with Crippen molar-refractivity contribution in [1.82, 2.24) is 10.6 Å². The van der Waals surface area contributed by atoms with Gasteiger partial charge >= 0.3 is 0 Å². The van der Waals surface area contributed by atoms with Gasteiger partial charge in [0.15, 0.2) is 0 Å². The van der Waals surface area contributed by atoms with Gasteiger partial charge in [0.2, 0.25) is 5.91 Å². The van der Waals surface area contributed by atoms with E-state index < -0.39 is 0 Å². The summed E-state index contributed by atoms with van der Waals surface area (Å²) < 4.78 is 5.86. The van der Waals surface area contributed by atoms with Crippen molar-refractivity contribution in [2.24, 2.45) is 0 Å². The molecule has 2 aliphatic rings. The Bertz CT molecular complexity index is 781. The summed E-state index contributed by atoms with van der Waals surface area (Å²) in [6.07, 6.45) is 4.96. The second kappa shape index (κ2) is 8.32. The molecule has 2 saturated heterocycles. The van der Waals surface area contributed by atoms with E-state index in [1.807, 2.05) is 48.5 Å². The summed E-state index contributed by atoms with van der Waals surface area (Å²) in [6, 6.07) is 16.9. The molecule has 5 heteroatoms. The Kier molecular flexibility index (Phi) is 5.65. The second-order valence-corrected chi connectivity index (χ2v) is 8.05. The Morgan fingerprint density at radius 1 is 1.07 bits per heavy atom. The molecule has 2 aromatic rings. The lowest BCUT2D eigenvalue weighted by Crippen LogP contribution is -2.48. The highest BCUT2D eigenvalue weighted by atomic mass is 35.5. The molecule has 0 radical (unpaired) electrons. The van der Waals surface area contributed by atoms with Crippen molar-refractivity contribution >= 4 is 17.5 Å². The number of fused-ring (bicyclic) bond motifs is 2. The molecule has 2 bridgehead atoms. The standard InChI is InChI=1S/C22H25ClN2O2/c23-17-6-4-15(5-7-17)14-27-21-3-1-2-16(10-21)11-22(26)25-20-12-18-8-9-19(13-20)24-18/h1-7,10,18-20,24H,8-9,11-14H2,(H,25,26). The number of rotatable bonds is 6. The largest absolute Gasteiger partial charge is 0.489 e. The minimum Gasteiger partial charge on any atom is -0.489 e. The van der Waals surface area contributed by atoms with Gasteiger partial charge in [-0.25, -0.2) is 0 Å². The molecule has 142 valence electrons. The first-order chi connectivity index (χ1) is 13.1. The summed E-state index contributed by atoms with van der Waals surface area (Å²) in [6.45, 7) is 0.477. The summed E-state index contributed by atoms with van der Waals surface area (Å²) in [5.74, 6) is 0.867. The van der Waals surface area contributed by atoms with Crippen molar-refractivity contribution in [3.8, 4) is 5.75 Å². The number of piperidine rings is 1. The zero-order valence-corrected chi connectivity index (χ0v) is 16.0. The molecule has 2 aliphatic heterocycles. The molecule has 0 aliphatic carbocycles. The van der Waals surface area contributed by atoms with Crippen molar-refractivity contribution in [1.29, 1.82) is 0 Å². The molecule has 0 aromatic heterocycles. The average molecular weight is 385 g/mol. The Labute approximate surface area is 165 Å². The van der Waals surface area contributed by atoms with Crippen LogP contribution in [0.3, 0.4) is 0 Å². The Morgan fingerprint density at radius 3 is 2.56 bits per heavy atom. The van der Waals surface area contributed by atoms with Crippen LogP contribution in [0.4, 0.5) is 0 Å².